The van der Waals surface area contributed by atoms with Crippen molar-refractivity contribution < 1.29 is 13.9 Å². The van der Waals surface area contributed by atoms with Crippen LogP contribution in [0, 0.1) is 13.8 Å². The Bertz CT molecular complexity index is 991. The Labute approximate surface area is 149 Å². The number of carbonyl (C=O) groups excluding carboxylic acids is 1. The van der Waals surface area contributed by atoms with Crippen LogP contribution in [-0.2, 0) is 16.1 Å². The number of rotatable bonds is 3. The summed E-state index contributed by atoms with van der Waals surface area (Å²) in [6.07, 6.45) is 4.78. The molecular formula is C18H20N2O4S. The number of oxazole rings is 1. The largest absolute Gasteiger partial charge is 0.459 e. The van der Waals surface area contributed by atoms with E-state index in [-0.39, 0.29) is 12.1 Å². The maximum absolute atomic E-state index is 12.9. The molecule has 0 radical (unpaired) electrons. The number of carbonyl (C=O) groups is 1. The number of ether oxygens (including phenoxy) is 1. The number of fused-ring (bicyclic) bond motifs is 1. The Hall–Kier alpha value is -2.41. The van der Waals surface area contributed by atoms with E-state index in [1.807, 2.05) is 13.8 Å². The minimum absolute atomic E-state index is 0.115. The summed E-state index contributed by atoms with van der Waals surface area (Å²) in [4.78, 5) is 30.0. The van der Waals surface area contributed by atoms with Gasteiger partial charge >= 0.3 is 5.97 Å². The lowest BCUT2D eigenvalue weighted by atomic mass is 10.1. The van der Waals surface area contributed by atoms with E-state index >= 15 is 0 Å². The maximum atomic E-state index is 12.9. The van der Waals surface area contributed by atoms with Crippen LogP contribution in [0.1, 0.15) is 31.9 Å². The lowest BCUT2D eigenvalue weighted by Gasteiger charge is -2.20. The fourth-order valence-electron chi connectivity index (χ4n) is 2.71. The molecule has 0 atom stereocenters. The number of esters is 1. The minimum atomic E-state index is -0.587. The Balaban J connectivity index is 2.08. The van der Waals surface area contributed by atoms with Gasteiger partial charge in [-0.1, -0.05) is 0 Å². The molecule has 0 aliphatic carbocycles. The van der Waals surface area contributed by atoms with Crippen LogP contribution < -0.4 is 5.56 Å². The zero-order chi connectivity index (χ0) is 18.4. The average Bonchev–Trinajstić information content (AvgIpc) is 3.10. The van der Waals surface area contributed by atoms with Gasteiger partial charge in [-0.2, -0.15) is 0 Å². The van der Waals surface area contributed by atoms with Crippen molar-refractivity contribution >= 4 is 27.4 Å². The molecule has 3 heterocycles. The third-order valence-corrected chi connectivity index (χ3v) is 5.09. The molecule has 0 fully saturated rings. The summed E-state index contributed by atoms with van der Waals surface area (Å²) in [5.74, 6) is 0.0605. The molecule has 0 spiro atoms. The Morgan fingerprint density at radius 2 is 2.08 bits per heavy atom. The molecule has 0 aromatic carbocycles. The number of hydrogen-bond donors (Lipinski definition) is 0. The highest BCUT2D eigenvalue weighted by atomic mass is 32.1. The number of hydrogen-bond acceptors (Lipinski definition) is 6. The van der Waals surface area contributed by atoms with Gasteiger partial charge in [0.15, 0.2) is 0 Å². The van der Waals surface area contributed by atoms with Gasteiger partial charge in [0.05, 0.1) is 16.5 Å². The van der Waals surface area contributed by atoms with Crippen molar-refractivity contribution in [3.05, 3.63) is 40.1 Å². The van der Waals surface area contributed by atoms with E-state index in [0.717, 1.165) is 20.7 Å². The van der Waals surface area contributed by atoms with Gasteiger partial charge < -0.3 is 13.7 Å². The van der Waals surface area contributed by atoms with Crippen LogP contribution in [0.25, 0.3) is 20.9 Å². The van der Waals surface area contributed by atoms with Gasteiger partial charge in [-0.3, -0.25) is 9.59 Å². The highest BCUT2D eigenvalue weighted by molar-refractivity contribution is 7.22. The molecule has 0 saturated carbocycles. The van der Waals surface area contributed by atoms with Crippen molar-refractivity contribution in [1.29, 1.82) is 0 Å². The van der Waals surface area contributed by atoms with Crippen molar-refractivity contribution in [3.63, 3.8) is 0 Å². The number of thiophene rings is 1. The standard InChI is InChI=1S/C18H20N2O4S/c1-10-8-20(9-12(21)24-18(3,4)5)17(22)13-11(2)15(25-14(10)13)16-19-6-7-23-16/h6-8H,9H2,1-5H3. The first kappa shape index (κ1) is 17.4. The van der Waals surface area contributed by atoms with Gasteiger partial charge in [0.1, 0.15) is 18.4 Å². The second-order valence-corrected chi connectivity index (χ2v) is 7.95. The lowest BCUT2D eigenvalue weighted by Crippen LogP contribution is -2.30. The Morgan fingerprint density at radius 1 is 1.36 bits per heavy atom. The molecule has 3 aromatic rings. The molecule has 25 heavy (non-hydrogen) atoms. The van der Waals surface area contributed by atoms with E-state index in [1.54, 1.807) is 33.2 Å². The molecule has 3 aromatic heterocycles. The quantitative estimate of drug-likeness (QED) is 0.666. The Morgan fingerprint density at radius 3 is 2.68 bits per heavy atom. The summed E-state index contributed by atoms with van der Waals surface area (Å²) in [5, 5.41) is 0.599. The van der Waals surface area contributed by atoms with Gasteiger partial charge in [0, 0.05) is 10.9 Å². The summed E-state index contributed by atoms with van der Waals surface area (Å²) in [7, 11) is 0. The first-order valence-corrected chi connectivity index (χ1v) is 8.74. The SMILES string of the molecule is Cc1cn(CC(=O)OC(C)(C)C)c(=O)c2c(C)c(-c3ncco3)sc12. The third-order valence-electron chi connectivity index (χ3n) is 3.68. The van der Waals surface area contributed by atoms with E-state index in [2.05, 4.69) is 4.98 Å². The van der Waals surface area contributed by atoms with Crippen LogP contribution in [0.15, 0.2) is 27.9 Å². The van der Waals surface area contributed by atoms with Gasteiger partial charge in [0.25, 0.3) is 5.56 Å². The fraction of sp³-hybridized carbons (Fsp3) is 0.389. The molecule has 6 nitrogen and oxygen atoms in total. The second-order valence-electron chi connectivity index (χ2n) is 6.93. The van der Waals surface area contributed by atoms with Gasteiger partial charge in [-0.25, -0.2) is 4.98 Å². The number of aryl methyl sites for hydroxylation is 2. The molecule has 0 amide bonds. The monoisotopic (exact) mass is 360 g/mol. The molecule has 0 aliphatic heterocycles. The third kappa shape index (κ3) is 3.37. The van der Waals surface area contributed by atoms with E-state index in [0.29, 0.717) is 11.3 Å². The highest BCUT2D eigenvalue weighted by Crippen LogP contribution is 2.37. The normalized spacial score (nSPS) is 11.9. The molecule has 7 heteroatoms. The van der Waals surface area contributed by atoms with Crippen LogP contribution in [0.2, 0.25) is 0 Å². The topological polar surface area (TPSA) is 74.3 Å². The van der Waals surface area contributed by atoms with Crippen molar-refractivity contribution in [2.45, 2.75) is 46.8 Å². The molecule has 3 rings (SSSR count). The van der Waals surface area contributed by atoms with E-state index in [4.69, 9.17) is 9.15 Å². The number of aromatic nitrogens is 2. The smallest absolute Gasteiger partial charge is 0.326 e. The van der Waals surface area contributed by atoms with Crippen LogP contribution in [0.4, 0.5) is 0 Å². The van der Waals surface area contributed by atoms with Crippen molar-refractivity contribution in [2.24, 2.45) is 0 Å². The van der Waals surface area contributed by atoms with Crippen LogP contribution in [0.3, 0.4) is 0 Å². The molecule has 0 aliphatic rings. The lowest BCUT2D eigenvalue weighted by molar-refractivity contribution is -0.155. The first-order valence-electron chi connectivity index (χ1n) is 7.92. The van der Waals surface area contributed by atoms with Gasteiger partial charge in [-0.15, -0.1) is 11.3 Å². The van der Waals surface area contributed by atoms with Crippen molar-refractivity contribution in [1.82, 2.24) is 9.55 Å². The van der Waals surface area contributed by atoms with Crippen LogP contribution in [-0.4, -0.2) is 21.1 Å². The summed E-state index contributed by atoms with van der Waals surface area (Å²) in [6.45, 7) is 9.07. The first-order chi connectivity index (χ1) is 11.7. The molecule has 0 N–H and O–H groups in total. The van der Waals surface area contributed by atoms with Crippen molar-refractivity contribution in [3.8, 4) is 10.8 Å². The predicted octanol–water partition coefficient (Wildman–Crippen LogP) is 3.68. The molecule has 0 unspecified atom stereocenters. The predicted molar refractivity (Wildman–Crippen MR) is 96.9 cm³/mol. The zero-order valence-electron chi connectivity index (χ0n) is 14.9. The second kappa shape index (κ2) is 6.15. The van der Waals surface area contributed by atoms with Crippen LogP contribution >= 0.6 is 11.3 Å². The summed E-state index contributed by atoms with van der Waals surface area (Å²) < 4.78 is 13.0. The van der Waals surface area contributed by atoms with Gasteiger partial charge in [-0.05, 0) is 45.7 Å². The molecule has 0 saturated heterocycles. The maximum Gasteiger partial charge on any atom is 0.326 e. The summed E-state index contributed by atoms with van der Waals surface area (Å²) in [6, 6.07) is 0. The highest BCUT2D eigenvalue weighted by Gasteiger charge is 2.21. The molecular weight excluding hydrogens is 340 g/mol. The van der Waals surface area contributed by atoms with Gasteiger partial charge in [0.2, 0.25) is 5.89 Å². The Kier molecular flexibility index (Phi) is 4.28. The van der Waals surface area contributed by atoms with E-state index < -0.39 is 11.6 Å². The van der Waals surface area contributed by atoms with E-state index in [1.165, 1.54) is 22.2 Å². The fourth-order valence-corrected chi connectivity index (χ4v) is 3.92. The summed E-state index contributed by atoms with van der Waals surface area (Å²) >= 11 is 1.47. The van der Waals surface area contributed by atoms with Crippen molar-refractivity contribution in [2.75, 3.05) is 0 Å². The van der Waals surface area contributed by atoms with E-state index in [9.17, 15) is 9.59 Å². The zero-order valence-corrected chi connectivity index (χ0v) is 15.7. The number of pyridine rings is 1. The number of nitrogens with zero attached hydrogens (tertiary/aromatic N) is 2. The average molecular weight is 360 g/mol. The molecule has 132 valence electrons. The minimum Gasteiger partial charge on any atom is -0.459 e. The van der Waals surface area contributed by atoms with Crippen LogP contribution in [0.5, 0.6) is 0 Å². The molecule has 0 bridgehead atoms. The summed E-state index contributed by atoms with van der Waals surface area (Å²) in [5.41, 5.74) is 0.937.